The Morgan fingerprint density at radius 2 is 1.62 bits per heavy atom. The second-order valence-corrected chi connectivity index (χ2v) is 11.7. The van der Waals surface area contributed by atoms with Gasteiger partial charge in [0, 0.05) is 11.6 Å². The molecule has 0 spiro atoms. The number of aliphatic hydroxyl groups is 4. The molecule has 202 valence electrons. The maximum absolute atomic E-state index is 13.3. The number of rotatable bonds is 3. The summed E-state index contributed by atoms with van der Waals surface area (Å²) in [6, 6.07) is 6.55. The maximum Gasteiger partial charge on any atom is 0.346 e. The molecule has 0 saturated heterocycles. The van der Waals surface area contributed by atoms with Crippen LogP contribution in [0.15, 0.2) is 33.5 Å². The molecular formula is C28H36O9. The topological polar surface area (TPSA) is 139 Å². The number of benzene rings is 1. The monoisotopic (exact) mass is 516 g/mol. The fourth-order valence-electron chi connectivity index (χ4n) is 7.40. The van der Waals surface area contributed by atoms with E-state index in [1.807, 2.05) is 13.8 Å². The van der Waals surface area contributed by atoms with E-state index in [4.69, 9.17) is 18.6 Å². The Labute approximate surface area is 215 Å². The van der Waals surface area contributed by atoms with Crippen molar-refractivity contribution in [2.24, 2.45) is 10.8 Å². The third-order valence-corrected chi connectivity index (χ3v) is 9.87. The van der Waals surface area contributed by atoms with Crippen LogP contribution in [0, 0.1) is 10.8 Å². The average Bonchev–Trinajstić information content (AvgIpc) is 2.86. The second kappa shape index (κ2) is 7.96. The van der Waals surface area contributed by atoms with Gasteiger partial charge in [-0.05, 0) is 56.2 Å². The highest BCUT2D eigenvalue weighted by Crippen LogP contribution is 2.70. The first-order valence-corrected chi connectivity index (χ1v) is 12.6. The van der Waals surface area contributed by atoms with Crippen molar-refractivity contribution in [2.75, 3.05) is 14.2 Å². The third kappa shape index (κ3) is 3.02. The van der Waals surface area contributed by atoms with Crippen molar-refractivity contribution in [3.8, 4) is 28.6 Å². The number of ether oxygens (including phenoxy) is 3. The fraction of sp³-hybridized carbons (Fsp3) is 0.607. The summed E-state index contributed by atoms with van der Waals surface area (Å²) in [5.74, 6) is 1.21. The Hall–Kier alpha value is -2.59. The fourth-order valence-corrected chi connectivity index (χ4v) is 7.40. The lowest BCUT2D eigenvalue weighted by molar-refractivity contribution is -0.375. The molecule has 0 unspecified atom stereocenters. The van der Waals surface area contributed by atoms with Crippen LogP contribution < -0.4 is 19.8 Å². The van der Waals surface area contributed by atoms with Gasteiger partial charge < -0.3 is 39.1 Å². The standard InChI is InChI=1S/C28H36O9/c1-24(2)10-9-20(29)26(4)27(24,32)12-11-25(3)28(26,33)22(30)21-19(37-25)14-17(36-23(21)31)15-7-8-16(34-5)18(13-15)35-6/h7-8,13-14,20,22,29-30,32-33H,9-12H2,1-6H3/t20-,22-,25-,26+,27-,28-/m1/s1. The Bertz CT molecular complexity index is 1300. The van der Waals surface area contributed by atoms with E-state index in [-0.39, 0.29) is 29.9 Å². The lowest BCUT2D eigenvalue weighted by atomic mass is 9.39. The van der Waals surface area contributed by atoms with E-state index < -0.39 is 45.5 Å². The lowest BCUT2D eigenvalue weighted by Gasteiger charge is -2.72. The molecule has 1 aromatic heterocycles. The van der Waals surface area contributed by atoms with Crippen molar-refractivity contribution < 1.29 is 39.1 Å². The minimum Gasteiger partial charge on any atom is -0.493 e. The molecule has 4 N–H and O–H groups in total. The zero-order valence-corrected chi connectivity index (χ0v) is 22.1. The first-order valence-electron chi connectivity index (χ1n) is 12.6. The second-order valence-electron chi connectivity index (χ2n) is 11.7. The predicted octanol–water partition coefficient (Wildman–Crippen LogP) is 2.95. The molecule has 1 aromatic carbocycles. The van der Waals surface area contributed by atoms with Gasteiger partial charge in [0.05, 0.1) is 31.3 Å². The summed E-state index contributed by atoms with van der Waals surface area (Å²) in [4.78, 5) is 13.3. The van der Waals surface area contributed by atoms with Crippen molar-refractivity contribution in [3.63, 3.8) is 0 Å². The van der Waals surface area contributed by atoms with Crippen molar-refractivity contribution in [3.05, 3.63) is 40.2 Å². The highest BCUT2D eigenvalue weighted by atomic mass is 16.5. The number of methoxy groups -OCH3 is 2. The molecule has 0 radical (unpaired) electrons. The minimum absolute atomic E-state index is 0.0827. The molecule has 2 fully saturated rings. The molecule has 2 aliphatic carbocycles. The number of aliphatic hydroxyl groups excluding tert-OH is 2. The molecule has 0 amide bonds. The van der Waals surface area contributed by atoms with Gasteiger partial charge >= 0.3 is 5.63 Å². The van der Waals surface area contributed by atoms with Crippen LogP contribution in [-0.4, -0.2) is 57.6 Å². The average molecular weight is 517 g/mol. The third-order valence-electron chi connectivity index (χ3n) is 9.87. The smallest absolute Gasteiger partial charge is 0.346 e. The van der Waals surface area contributed by atoms with Gasteiger partial charge in [-0.1, -0.05) is 20.8 Å². The molecular weight excluding hydrogens is 480 g/mol. The summed E-state index contributed by atoms with van der Waals surface area (Å²) in [6.07, 6.45) is -1.65. The van der Waals surface area contributed by atoms with E-state index in [0.717, 1.165) is 0 Å². The van der Waals surface area contributed by atoms with Gasteiger partial charge in [0.15, 0.2) is 11.5 Å². The van der Waals surface area contributed by atoms with Gasteiger partial charge in [0.25, 0.3) is 0 Å². The van der Waals surface area contributed by atoms with Gasteiger partial charge in [0.2, 0.25) is 0 Å². The van der Waals surface area contributed by atoms with E-state index in [2.05, 4.69) is 0 Å². The molecule has 2 saturated carbocycles. The molecule has 0 bridgehead atoms. The summed E-state index contributed by atoms with van der Waals surface area (Å²) < 4.78 is 22.6. The van der Waals surface area contributed by atoms with E-state index in [9.17, 15) is 25.2 Å². The summed E-state index contributed by atoms with van der Waals surface area (Å²) in [6.45, 7) is 7.05. The summed E-state index contributed by atoms with van der Waals surface area (Å²) in [5, 5.41) is 47.5. The van der Waals surface area contributed by atoms with Crippen LogP contribution in [0.25, 0.3) is 11.3 Å². The molecule has 6 atom stereocenters. The molecule has 3 aliphatic rings. The maximum atomic E-state index is 13.3. The summed E-state index contributed by atoms with van der Waals surface area (Å²) >= 11 is 0. The van der Waals surface area contributed by atoms with Crippen molar-refractivity contribution in [1.82, 2.24) is 0 Å². The molecule has 2 aromatic rings. The highest BCUT2D eigenvalue weighted by molar-refractivity contribution is 5.64. The van der Waals surface area contributed by atoms with Crippen LogP contribution in [-0.2, 0) is 0 Å². The van der Waals surface area contributed by atoms with Crippen LogP contribution in [0.3, 0.4) is 0 Å². The van der Waals surface area contributed by atoms with E-state index in [1.54, 1.807) is 32.0 Å². The summed E-state index contributed by atoms with van der Waals surface area (Å²) in [5.41, 5.74) is -8.03. The highest BCUT2D eigenvalue weighted by Gasteiger charge is 2.80. The predicted molar refractivity (Wildman–Crippen MR) is 134 cm³/mol. The van der Waals surface area contributed by atoms with Crippen LogP contribution in [0.1, 0.15) is 65.0 Å². The van der Waals surface area contributed by atoms with Crippen LogP contribution in [0.2, 0.25) is 0 Å². The first kappa shape index (κ1) is 26.0. The summed E-state index contributed by atoms with van der Waals surface area (Å²) in [7, 11) is 3.02. The van der Waals surface area contributed by atoms with Crippen molar-refractivity contribution in [1.29, 1.82) is 0 Å². The largest absolute Gasteiger partial charge is 0.493 e. The number of hydrogen-bond acceptors (Lipinski definition) is 9. The Morgan fingerprint density at radius 3 is 2.27 bits per heavy atom. The molecule has 37 heavy (non-hydrogen) atoms. The normalized spacial score (nSPS) is 38.0. The van der Waals surface area contributed by atoms with Gasteiger partial charge in [-0.2, -0.15) is 0 Å². The lowest BCUT2D eigenvalue weighted by Crippen LogP contribution is -2.83. The Morgan fingerprint density at radius 1 is 0.946 bits per heavy atom. The van der Waals surface area contributed by atoms with Crippen LogP contribution >= 0.6 is 0 Å². The van der Waals surface area contributed by atoms with Crippen LogP contribution in [0.5, 0.6) is 17.2 Å². The number of fused-ring (bicyclic) bond motifs is 4. The molecule has 1 aliphatic heterocycles. The van der Waals surface area contributed by atoms with Gasteiger partial charge in [-0.25, -0.2) is 4.79 Å². The molecule has 9 heteroatoms. The molecule has 9 nitrogen and oxygen atoms in total. The van der Waals surface area contributed by atoms with Gasteiger partial charge in [0.1, 0.15) is 34.4 Å². The Balaban J connectivity index is 1.68. The van der Waals surface area contributed by atoms with E-state index in [1.165, 1.54) is 20.3 Å². The minimum atomic E-state index is -2.20. The van der Waals surface area contributed by atoms with Gasteiger partial charge in [-0.15, -0.1) is 0 Å². The first-order chi connectivity index (χ1) is 17.2. The SMILES string of the molecule is COc1ccc(-c2cc3c(c(=O)o2)[C@@H](O)[C@]2(O)[C@@]4(C)[C@H](O)CCC(C)(C)[C@]4(O)CC[C@@]2(C)O3)cc1OC. The zero-order chi connectivity index (χ0) is 27.2. The zero-order valence-electron chi connectivity index (χ0n) is 22.1. The van der Waals surface area contributed by atoms with Crippen molar-refractivity contribution >= 4 is 0 Å². The van der Waals surface area contributed by atoms with Crippen LogP contribution in [0.4, 0.5) is 0 Å². The van der Waals surface area contributed by atoms with Crippen molar-refractivity contribution in [2.45, 2.75) is 82.4 Å². The number of hydrogen-bond donors (Lipinski definition) is 4. The Kier molecular flexibility index (Phi) is 5.60. The van der Waals surface area contributed by atoms with E-state index in [0.29, 0.717) is 29.9 Å². The molecule has 2 heterocycles. The van der Waals surface area contributed by atoms with E-state index >= 15 is 0 Å². The quantitative estimate of drug-likeness (QED) is 0.485. The molecule has 5 rings (SSSR count). The van der Waals surface area contributed by atoms with Gasteiger partial charge in [-0.3, -0.25) is 0 Å².